The molecule has 0 bridgehead atoms. The summed E-state index contributed by atoms with van der Waals surface area (Å²) in [5.41, 5.74) is 6.90. The van der Waals surface area contributed by atoms with Gasteiger partial charge in [-0.25, -0.2) is 0 Å². The topological polar surface area (TPSA) is 66.5 Å². The van der Waals surface area contributed by atoms with Crippen molar-refractivity contribution in [3.63, 3.8) is 0 Å². The third-order valence-corrected chi connectivity index (χ3v) is 3.22. The Labute approximate surface area is 145 Å². The number of rotatable bonds is 8. The fraction of sp³-hybridized carbons (Fsp3) is 0.600. The second kappa shape index (κ2) is 11.7. The summed E-state index contributed by atoms with van der Waals surface area (Å²) in [7, 11) is 0. The molecule has 0 saturated carbocycles. The molecule has 0 atom stereocenters. The van der Waals surface area contributed by atoms with E-state index in [1.165, 1.54) is 0 Å². The summed E-state index contributed by atoms with van der Waals surface area (Å²) in [5, 5.41) is 3.12. The first-order valence-corrected chi connectivity index (χ1v) is 7.31. The molecule has 1 heterocycles. The van der Waals surface area contributed by atoms with Crippen LogP contribution in [0.3, 0.4) is 0 Å². The van der Waals surface area contributed by atoms with Gasteiger partial charge in [-0.15, -0.1) is 24.0 Å². The van der Waals surface area contributed by atoms with Crippen LogP contribution in [0.4, 0.5) is 0 Å². The molecular weight excluding hydrogens is 377 g/mol. The number of hydrogen-bond acceptors (Lipinski definition) is 3. The van der Waals surface area contributed by atoms with E-state index in [0.29, 0.717) is 12.0 Å². The minimum atomic E-state index is 0. The fourth-order valence-corrected chi connectivity index (χ4v) is 2.00. The van der Waals surface area contributed by atoms with Crippen LogP contribution >= 0.6 is 24.0 Å². The lowest BCUT2D eigenvalue weighted by Gasteiger charge is -2.23. The number of guanidine groups is 1. The summed E-state index contributed by atoms with van der Waals surface area (Å²) in [6.07, 6.45) is 2.65. The molecule has 0 aliphatic heterocycles. The Hall–Kier alpha value is -0.890. The van der Waals surface area contributed by atoms with Gasteiger partial charge in [-0.05, 0) is 32.5 Å². The number of hydrogen-bond donors (Lipinski definition) is 2. The second-order valence-corrected chi connectivity index (χ2v) is 4.99. The predicted molar refractivity (Wildman–Crippen MR) is 100 cm³/mol. The summed E-state index contributed by atoms with van der Waals surface area (Å²) in [5.74, 6) is 0.515. The Morgan fingerprint density at radius 1 is 1.43 bits per heavy atom. The van der Waals surface area contributed by atoms with Crippen LogP contribution in [-0.4, -0.2) is 48.1 Å². The molecule has 3 N–H and O–H groups in total. The monoisotopic (exact) mass is 405 g/mol. The lowest BCUT2D eigenvalue weighted by Crippen LogP contribution is -2.36. The van der Waals surface area contributed by atoms with Crippen molar-refractivity contribution in [2.45, 2.75) is 33.2 Å². The largest absolute Gasteiger partial charge is 0.370 e. The maximum atomic E-state index is 5.84. The first-order valence-electron chi connectivity index (χ1n) is 7.31. The van der Waals surface area contributed by atoms with Crippen molar-refractivity contribution in [2.75, 3.05) is 26.2 Å². The van der Waals surface area contributed by atoms with E-state index in [1.807, 2.05) is 18.2 Å². The Kier molecular flexibility index (Phi) is 11.2. The Morgan fingerprint density at radius 2 is 2.19 bits per heavy atom. The van der Waals surface area contributed by atoms with E-state index in [-0.39, 0.29) is 24.0 Å². The molecule has 0 amide bonds. The van der Waals surface area contributed by atoms with Gasteiger partial charge in [0.1, 0.15) is 0 Å². The van der Waals surface area contributed by atoms with Gasteiger partial charge in [0.2, 0.25) is 0 Å². The standard InChI is InChI=1S/C15H27N5.HI/c1-4-20(13(2)3)12-11-19-15(16)18-10-8-14-7-5-6-9-17-14;/h5-7,9,13H,4,8,10-12H2,1-3H3,(H3,16,18,19);1H. The smallest absolute Gasteiger partial charge is 0.188 e. The molecule has 0 aliphatic carbocycles. The SMILES string of the molecule is CCN(CCN=C(N)NCCc1ccccn1)C(C)C.I. The van der Waals surface area contributed by atoms with Gasteiger partial charge in [0.15, 0.2) is 5.96 Å². The van der Waals surface area contributed by atoms with Gasteiger partial charge in [-0.2, -0.15) is 0 Å². The highest BCUT2D eigenvalue weighted by atomic mass is 127. The molecule has 0 spiro atoms. The average Bonchev–Trinajstić information content (AvgIpc) is 2.44. The van der Waals surface area contributed by atoms with Crippen molar-refractivity contribution in [1.29, 1.82) is 0 Å². The van der Waals surface area contributed by atoms with Crippen LogP contribution in [0.5, 0.6) is 0 Å². The molecule has 5 nitrogen and oxygen atoms in total. The van der Waals surface area contributed by atoms with E-state index in [4.69, 9.17) is 5.73 Å². The number of likely N-dealkylation sites (N-methyl/N-ethyl adjacent to an activating group) is 1. The summed E-state index contributed by atoms with van der Waals surface area (Å²) < 4.78 is 0. The van der Waals surface area contributed by atoms with Crippen molar-refractivity contribution < 1.29 is 0 Å². The van der Waals surface area contributed by atoms with Crippen LogP contribution in [0.25, 0.3) is 0 Å². The maximum absolute atomic E-state index is 5.84. The van der Waals surface area contributed by atoms with Gasteiger partial charge >= 0.3 is 0 Å². The molecule has 120 valence electrons. The van der Waals surface area contributed by atoms with E-state index in [2.05, 4.69) is 41.0 Å². The molecule has 0 saturated heterocycles. The van der Waals surface area contributed by atoms with E-state index < -0.39 is 0 Å². The van der Waals surface area contributed by atoms with E-state index in [1.54, 1.807) is 6.20 Å². The van der Waals surface area contributed by atoms with Crippen LogP contribution in [0.15, 0.2) is 29.4 Å². The molecule has 0 unspecified atom stereocenters. The number of nitrogens with zero attached hydrogens (tertiary/aromatic N) is 3. The zero-order valence-electron chi connectivity index (χ0n) is 13.2. The number of pyridine rings is 1. The fourth-order valence-electron chi connectivity index (χ4n) is 2.00. The molecule has 1 aromatic rings. The quantitative estimate of drug-likeness (QED) is 0.394. The molecule has 21 heavy (non-hydrogen) atoms. The molecule has 0 aromatic carbocycles. The highest BCUT2D eigenvalue weighted by Gasteiger charge is 2.05. The van der Waals surface area contributed by atoms with Crippen LogP contribution in [0.2, 0.25) is 0 Å². The third kappa shape index (κ3) is 8.87. The first kappa shape index (κ1) is 20.1. The molecule has 0 fully saturated rings. The van der Waals surface area contributed by atoms with Crippen molar-refractivity contribution in [3.05, 3.63) is 30.1 Å². The van der Waals surface area contributed by atoms with Gasteiger partial charge in [0.25, 0.3) is 0 Å². The number of nitrogens with one attached hydrogen (secondary N) is 1. The Morgan fingerprint density at radius 3 is 2.76 bits per heavy atom. The molecule has 1 aromatic heterocycles. The lowest BCUT2D eigenvalue weighted by molar-refractivity contribution is 0.240. The minimum absolute atomic E-state index is 0. The van der Waals surface area contributed by atoms with E-state index in [9.17, 15) is 0 Å². The summed E-state index contributed by atoms with van der Waals surface area (Å²) in [6, 6.07) is 6.47. The molecule has 1 rings (SSSR count). The first-order chi connectivity index (χ1) is 9.63. The lowest BCUT2D eigenvalue weighted by atomic mass is 10.3. The summed E-state index contributed by atoms with van der Waals surface area (Å²) in [4.78, 5) is 11.0. The van der Waals surface area contributed by atoms with Gasteiger partial charge in [-0.3, -0.25) is 14.9 Å². The van der Waals surface area contributed by atoms with Crippen molar-refractivity contribution >= 4 is 29.9 Å². The third-order valence-electron chi connectivity index (χ3n) is 3.22. The van der Waals surface area contributed by atoms with Crippen LogP contribution < -0.4 is 11.1 Å². The van der Waals surface area contributed by atoms with Crippen LogP contribution in [-0.2, 0) is 6.42 Å². The summed E-state index contributed by atoms with van der Waals surface area (Å²) in [6.45, 7) is 10.0. The number of aliphatic imine (C=N–C) groups is 1. The van der Waals surface area contributed by atoms with Gasteiger partial charge in [0, 0.05) is 37.4 Å². The Bertz CT molecular complexity index is 394. The molecule has 0 aliphatic rings. The van der Waals surface area contributed by atoms with E-state index in [0.717, 1.165) is 38.3 Å². The van der Waals surface area contributed by atoms with Crippen LogP contribution in [0, 0.1) is 0 Å². The van der Waals surface area contributed by atoms with Crippen molar-refractivity contribution in [2.24, 2.45) is 10.7 Å². The van der Waals surface area contributed by atoms with Gasteiger partial charge < -0.3 is 11.1 Å². The minimum Gasteiger partial charge on any atom is -0.370 e. The normalized spacial score (nSPS) is 11.6. The summed E-state index contributed by atoms with van der Waals surface area (Å²) >= 11 is 0. The van der Waals surface area contributed by atoms with Crippen molar-refractivity contribution in [3.8, 4) is 0 Å². The predicted octanol–water partition coefficient (Wildman–Crippen LogP) is 1.88. The number of aromatic nitrogens is 1. The number of halogens is 1. The second-order valence-electron chi connectivity index (χ2n) is 4.99. The van der Waals surface area contributed by atoms with Gasteiger partial charge in [0.05, 0.1) is 6.54 Å². The Balaban J connectivity index is 0.00000400. The average molecular weight is 405 g/mol. The van der Waals surface area contributed by atoms with Crippen molar-refractivity contribution in [1.82, 2.24) is 15.2 Å². The molecule has 0 radical (unpaired) electrons. The van der Waals surface area contributed by atoms with Crippen LogP contribution in [0.1, 0.15) is 26.5 Å². The van der Waals surface area contributed by atoms with Gasteiger partial charge in [-0.1, -0.05) is 13.0 Å². The maximum Gasteiger partial charge on any atom is 0.188 e. The highest BCUT2D eigenvalue weighted by molar-refractivity contribution is 14.0. The molecular formula is C15H28IN5. The number of nitrogens with two attached hydrogens (primary N) is 1. The zero-order valence-corrected chi connectivity index (χ0v) is 15.6. The zero-order chi connectivity index (χ0) is 14.8. The van der Waals surface area contributed by atoms with E-state index >= 15 is 0 Å². The molecule has 6 heteroatoms. The highest BCUT2D eigenvalue weighted by Crippen LogP contribution is 1.96.